The highest BCUT2D eigenvalue weighted by Crippen LogP contribution is 2.29. The van der Waals surface area contributed by atoms with Gasteiger partial charge in [-0.1, -0.05) is 38.7 Å². The van der Waals surface area contributed by atoms with E-state index in [9.17, 15) is 4.79 Å². The van der Waals surface area contributed by atoms with Crippen LogP contribution in [0.25, 0.3) is 6.08 Å². The van der Waals surface area contributed by atoms with Gasteiger partial charge in [0, 0.05) is 19.2 Å². The van der Waals surface area contributed by atoms with E-state index in [2.05, 4.69) is 6.92 Å². The van der Waals surface area contributed by atoms with Crippen LogP contribution in [0.15, 0.2) is 24.3 Å². The number of nitrogens with zero attached hydrogens (tertiary/aromatic N) is 1. The summed E-state index contributed by atoms with van der Waals surface area (Å²) < 4.78 is 11.2. The molecule has 0 saturated heterocycles. The van der Waals surface area contributed by atoms with Gasteiger partial charge in [0.2, 0.25) is 5.91 Å². The van der Waals surface area contributed by atoms with Crippen LogP contribution in [-0.4, -0.2) is 37.6 Å². The predicted octanol–water partition coefficient (Wildman–Crippen LogP) is 4.68. The summed E-state index contributed by atoms with van der Waals surface area (Å²) in [6.45, 7) is 2.82. The zero-order valence-electron chi connectivity index (χ0n) is 15.8. The monoisotopic (exact) mass is 345 g/mol. The largest absolute Gasteiger partial charge is 0.493 e. The average molecular weight is 345 g/mol. The lowest BCUT2D eigenvalue weighted by Gasteiger charge is -2.30. The molecule has 0 unspecified atom stereocenters. The Morgan fingerprint density at radius 2 is 2.00 bits per heavy atom. The first-order valence-corrected chi connectivity index (χ1v) is 9.41. The number of carbonyl (C=O) groups is 1. The second kappa shape index (κ2) is 10.1. The first kappa shape index (κ1) is 19.4. The molecule has 4 nitrogen and oxygen atoms in total. The lowest BCUT2D eigenvalue weighted by molar-refractivity contribution is -0.127. The van der Waals surface area contributed by atoms with Crippen LogP contribution in [0.1, 0.15) is 57.4 Å². The Hall–Kier alpha value is -1.97. The standard InChI is InChI=1S/C21H31NO3/c1-4-5-15-25-19-13-11-17(16-20(19)24-3)12-14-21(23)22(2)18-9-7-6-8-10-18/h11-14,16,18H,4-10,15H2,1-3H3. The van der Waals surface area contributed by atoms with Gasteiger partial charge in [-0.05, 0) is 43.0 Å². The van der Waals surface area contributed by atoms with Gasteiger partial charge in [0.05, 0.1) is 13.7 Å². The number of hydrogen-bond acceptors (Lipinski definition) is 3. The molecule has 2 rings (SSSR count). The highest BCUT2D eigenvalue weighted by Gasteiger charge is 2.20. The zero-order valence-corrected chi connectivity index (χ0v) is 15.8. The van der Waals surface area contributed by atoms with Crippen molar-refractivity contribution in [2.24, 2.45) is 0 Å². The zero-order chi connectivity index (χ0) is 18.1. The average Bonchev–Trinajstić information content (AvgIpc) is 2.67. The molecule has 138 valence electrons. The fraction of sp³-hybridized carbons (Fsp3) is 0.571. The van der Waals surface area contributed by atoms with Crippen molar-refractivity contribution in [2.75, 3.05) is 20.8 Å². The predicted molar refractivity (Wildman–Crippen MR) is 102 cm³/mol. The van der Waals surface area contributed by atoms with E-state index in [0.29, 0.717) is 18.4 Å². The molecule has 0 heterocycles. The van der Waals surface area contributed by atoms with Crippen molar-refractivity contribution in [1.82, 2.24) is 4.90 Å². The minimum absolute atomic E-state index is 0.0640. The molecule has 1 fully saturated rings. The number of amides is 1. The molecule has 1 aromatic carbocycles. The molecule has 0 radical (unpaired) electrons. The molecule has 1 aliphatic rings. The van der Waals surface area contributed by atoms with E-state index in [1.165, 1.54) is 19.3 Å². The summed E-state index contributed by atoms with van der Waals surface area (Å²) in [5.41, 5.74) is 0.935. The summed E-state index contributed by atoms with van der Waals surface area (Å²) in [7, 11) is 3.55. The van der Waals surface area contributed by atoms with Gasteiger partial charge in [-0.25, -0.2) is 0 Å². The van der Waals surface area contributed by atoms with Gasteiger partial charge in [0.15, 0.2) is 11.5 Å². The van der Waals surface area contributed by atoms with Crippen molar-refractivity contribution in [3.8, 4) is 11.5 Å². The summed E-state index contributed by atoms with van der Waals surface area (Å²) in [5, 5.41) is 0. The summed E-state index contributed by atoms with van der Waals surface area (Å²) in [6.07, 6.45) is 11.6. The third kappa shape index (κ3) is 5.80. The van der Waals surface area contributed by atoms with Crippen molar-refractivity contribution < 1.29 is 14.3 Å². The Balaban J connectivity index is 1.98. The van der Waals surface area contributed by atoms with Crippen LogP contribution in [-0.2, 0) is 4.79 Å². The number of benzene rings is 1. The number of methoxy groups -OCH3 is 1. The smallest absolute Gasteiger partial charge is 0.246 e. The maximum atomic E-state index is 12.4. The Bertz CT molecular complexity index is 577. The van der Waals surface area contributed by atoms with Gasteiger partial charge in [0.1, 0.15) is 0 Å². The Labute approximate surface area is 151 Å². The van der Waals surface area contributed by atoms with E-state index in [1.807, 2.05) is 36.2 Å². The molecule has 0 bridgehead atoms. The summed E-state index contributed by atoms with van der Waals surface area (Å²) in [4.78, 5) is 14.3. The van der Waals surface area contributed by atoms with Gasteiger partial charge < -0.3 is 14.4 Å². The summed E-state index contributed by atoms with van der Waals surface area (Å²) in [6, 6.07) is 6.15. The molecule has 1 aromatic rings. The Morgan fingerprint density at radius 3 is 2.68 bits per heavy atom. The lowest BCUT2D eigenvalue weighted by Crippen LogP contribution is -2.37. The fourth-order valence-corrected chi connectivity index (χ4v) is 3.17. The molecular formula is C21H31NO3. The number of ether oxygens (including phenoxy) is 2. The SMILES string of the molecule is CCCCOc1ccc(C=CC(=O)N(C)C2CCCCC2)cc1OC. The van der Waals surface area contributed by atoms with E-state index < -0.39 is 0 Å². The fourth-order valence-electron chi connectivity index (χ4n) is 3.17. The summed E-state index contributed by atoms with van der Waals surface area (Å²) in [5.74, 6) is 1.51. The second-order valence-corrected chi connectivity index (χ2v) is 6.69. The van der Waals surface area contributed by atoms with Crippen LogP contribution >= 0.6 is 0 Å². The van der Waals surface area contributed by atoms with Crippen LogP contribution in [0, 0.1) is 0 Å². The van der Waals surface area contributed by atoms with Crippen molar-refractivity contribution in [3.63, 3.8) is 0 Å². The Kier molecular flexibility index (Phi) is 7.83. The van der Waals surface area contributed by atoms with Gasteiger partial charge in [0.25, 0.3) is 0 Å². The van der Waals surface area contributed by atoms with E-state index in [1.54, 1.807) is 13.2 Å². The molecule has 1 aliphatic carbocycles. The molecule has 4 heteroatoms. The van der Waals surface area contributed by atoms with Crippen LogP contribution in [0.4, 0.5) is 0 Å². The van der Waals surface area contributed by atoms with Crippen molar-refractivity contribution in [2.45, 2.75) is 57.9 Å². The van der Waals surface area contributed by atoms with Gasteiger partial charge in [-0.15, -0.1) is 0 Å². The molecule has 0 atom stereocenters. The number of likely N-dealkylation sites (N-methyl/N-ethyl adjacent to an activating group) is 1. The summed E-state index contributed by atoms with van der Waals surface area (Å²) >= 11 is 0. The number of hydrogen-bond donors (Lipinski definition) is 0. The van der Waals surface area contributed by atoms with Crippen LogP contribution in [0.5, 0.6) is 11.5 Å². The van der Waals surface area contributed by atoms with E-state index in [0.717, 1.165) is 37.0 Å². The number of rotatable bonds is 8. The number of carbonyl (C=O) groups excluding carboxylic acids is 1. The minimum atomic E-state index is 0.0640. The maximum absolute atomic E-state index is 12.4. The molecule has 0 spiro atoms. The highest BCUT2D eigenvalue weighted by atomic mass is 16.5. The topological polar surface area (TPSA) is 38.8 Å². The molecule has 0 aromatic heterocycles. The van der Waals surface area contributed by atoms with Gasteiger partial charge in [-0.3, -0.25) is 4.79 Å². The lowest BCUT2D eigenvalue weighted by atomic mass is 9.94. The third-order valence-electron chi connectivity index (χ3n) is 4.83. The molecule has 0 aliphatic heterocycles. The van der Waals surface area contributed by atoms with Crippen molar-refractivity contribution in [3.05, 3.63) is 29.8 Å². The normalized spacial score (nSPS) is 15.3. The molecule has 1 amide bonds. The first-order valence-electron chi connectivity index (χ1n) is 9.41. The van der Waals surface area contributed by atoms with Crippen LogP contribution in [0.3, 0.4) is 0 Å². The second-order valence-electron chi connectivity index (χ2n) is 6.69. The molecular weight excluding hydrogens is 314 g/mol. The number of unbranched alkanes of at least 4 members (excludes halogenated alkanes) is 1. The van der Waals surface area contributed by atoms with Crippen molar-refractivity contribution >= 4 is 12.0 Å². The minimum Gasteiger partial charge on any atom is -0.493 e. The van der Waals surface area contributed by atoms with E-state index >= 15 is 0 Å². The van der Waals surface area contributed by atoms with Crippen molar-refractivity contribution in [1.29, 1.82) is 0 Å². The molecule has 0 N–H and O–H groups in total. The van der Waals surface area contributed by atoms with E-state index in [4.69, 9.17) is 9.47 Å². The third-order valence-corrected chi connectivity index (χ3v) is 4.83. The quantitative estimate of drug-likeness (QED) is 0.507. The Morgan fingerprint density at radius 1 is 1.24 bits per heavy atom. The maximum Gasteiger partial charge on any atom is 0.246 e. The molecule has 1 saturated carbocycles. The first-order chi connectivity index (χ1) is 12.2. The highest BCUT2D eigenvalue weighted by molar-refractivity contribution is 5.91. The van der Waals surface area contributed by atoms with E-state index in [-0.39, 0.29) is 5.91 Å². The van der Waals surface area contributed by atoms with Gasteiger partial charge >= 0.3 is 0 Å². The van der Waals surface area contributed by atoms with Gasteiger partial charge in [-0.2, -0.15) is 0 Å². The molecule has 25 heavy (non-hydrogen) atoms. The van der Waals surface area contributed by atoms with Crippen LogP contribution in [0.2, 0.25) is 0 Å². The van der Waals surface area contributed by atoms with Crippen LogP contribution < -0.4 is 9.47 Å².